The van der Waals surface area contributed by atoms with Gasteiger partial charge in [0.1, 0.15) is 0 Å². The van der Waals surface area contributed by atoms with Crippen LogP contribution in [0.5, 0.6) is 0 Å². The fraction of sp³-hybridized carbons (Fsp3) is 0.389. The number of rotatable bonds is 5. The second-order valence-corrected chi connectivity index (χ2v) is 6.81. The van der Waals surface area contributed by atoms with E-state index in [1.165, 1.54) is 6.07 Å². The lowest BCUT2D eigenvalue weighted by atomic mass is 9.82. The first-order chi connectivity index (χ1) is 11.9. The van der Waals surface area contributed by atoms with Crippen molar-refractivity contribution >= 4 is 35.1 Å². The summed E-state index contributed by atoms with van der Waals surface area (Å²) in [5, 5.41) is 15.3. The number of aliphatic carboxylic acids is 1. The Kier molecular flexibility index (Phi) is 4.81. The first-order valence-electron chi connectivity index (χ1n) is 8.22. The number of fused-ring (bicyclic) bond motifs is 2. The van der Waals surface area contributed by atoms with Crippen molar-refractivity contribution < 1.29 is 19.5 Å². The molecule has 6 nitrogen and oxygen atoms in total. The van der Waals surface area contributed by atoms with Gasteiger partial charge in [0.05, 0.1) is 23.1 Å². The van der Waals surface area contributed by atoms with Gasteiger partial charge in [0.25, 0.3) is 5.91 Å². The molecule has 2 amide bonds. The molecule has 0 radical (unpaired) electrons. The normalized spacial score (nSPS) is 26.5. The number of allylic oxidation sites excluding steroid dienone is 2. The van der Waals surface area contributed by atoms with Crippen molar-refractivity contribution in [2.45, 2.75) is 13.3 Å². The minimum absolute atomic E-state index is 0.0850. The Morgan fingerprint density at radius 1 is 1.20 bits per heavy atom. The Morgan fingerprint density at radius 3 is 2.52 bits per heavy atom. The number of carbonyl (C=O) groups is 3. The smallest absolute Gasteiger partial charge is 0.307 e. The van der Waals surface area contributed by atoms with E-state index in [-0.39, 0.29) is 17.7 Å². The molecule has 2 bridgehead atoms. The summed E-state index contributed by atoms with van der Waals surface area (Å²) in [6.07, 6.45) is 4.47. The number of amides is 2. The molecular formula is C18H19ClN2O4. The zero-order valence-corrected chi connectivity index (χ0v) is 14.4. The number of nitrogens with one attached hydrogen (secondary N) is 2. The van der Waals surface area contributed by atoms with E-state index in [2.05, 4.69) is 10.6 Å². The van der Waals surface area contributed by atoms with E-state index in [1.807, 2.05) is 12.2 Å². The molecule has 1 aromatic rings. The van der Waals surface area contributed by atoms with Crippen molar-refractivity contribution in [3.8, 4) is 0 Å². The fourth-order valence-electron chi connectivity index (χ4n) is 3.81. The van der Waals surface area contributed by atoms with Crippen molar-refractivity contribution in [3.63, 3.8) is 0 Å². The van der Waals surface area contributed by atoms with E-state index >= 15 is 0 Å². The number of anilines is 1. The second-order valence-electron chi connectivity index (χ2n) is 6.38. The van der Waals surface area contributed by atoms with Crippen LogP contribution >= 0.6 is 11.6 Å². The predicted molar refractivity (Wildman–Crippen MR) is 93.4 cm³/mol. The number of halogens is 1. The van der Waals surface area contributed by atoms with Crippen LogP contribution in [0.2, 0.25) is 5.02 Å². The molecule has 0 unspecified atom stereocenters. The highest BCUT2D eigenvalue weighted by atomic mass is 35.5. The zero-order chi connectivity index (χ0) is 18.1. The van der Waals surface area contributed by atoms with E-state index < -0.39 is 23.7 Å². The third-order valence-corrected chi connectivity index (χ3v) is 5.10. The lowest BCUT2D eigenvalue weighted by Gasteiger charge is -2.24. The number of carbonyl (C=O) groups excluding carboxylic acids is 2. The lowest BCUT2D eigenvalue weighted by Crippen LogP contribution is -2.37. The van der Waals surface area contributed by atoms with Crippen molar-refractivity contribution in [2.75, 3.05) is 11.9 Å². The Balaban J connectivity index is 1.86. The molecular weight excluding hydrogens is 344 g/mol. The third-order valence-electron chi connectivity index (χ3n) is 4.87. The summed E-state index contributed by atoms with van der Waals surface area (Å²) >= 11 is 6.00. The van der Waals surface area contributed by atoms with Gasteiger partial charge in [0.2, 0.25) is 5.91 Å². The van der Waals surface area contributed by atoms with Crippen LogP contribution in [-0.4, -0.2) is 29.4 Å². The Hall–Kier alpha value is -2.34. The molecule has 1 saturated carbocycles. The predicted octanol–water partition coefficient (Wildman–Crippen LogP) is 2.55. The summed E-state index contributed by atoms with van der Waals surface area (Å²) in [4.78, 5) is 36.5. The minimum Gasteiger partial charge on any atom is -0.481 e. The zero-order valence-electron chi connectivity index (χ0n) is 13.7. The highest BCUT2D eigenvalue weighted by Gasteiger charge is 2.51. The number of carboxylic acids is 1. The number of carboxylic acid groups (broad SMARTS) is 1. The quantitative estimate of drug-likeness (QED) is 0.701. The molecule has 1 aromatic carbocycles. The minimum atomic E-state index is -0.966. The van der Waals surface area contributed by atoms with E-state index in [9.17, 15) is 19.5 Å². The number of hydrogen-bond acceptors (Lipinski definition) is 3. The van der Waals surface area contributed by atoms with E-state index in [0.29, 0.717) is 29.2 Å². The Labute approximate surface area is 150 Å². The van der Waals surface area contributed by atoms with Gasteiger partial charge in [-0.1, -0.05) is 23.8 Å². The summed E-state index contributed by atoms with van der Waals surface area (Å²) in [6.45, 7) is 2.25. The van der Waals surface area contributed by atoms with Gasteiger partial charge in [-0.05, 0) is 43.4 Å². The summed E-state index contributed by atoms with van der Waals surface area (Å²) in [6, 6.07) is 4.61. The van der Waals surface area contributed by atoms with Crippen LogP contribution in [0.3, 0.4) is 0 Å². The standard InChI is InChI=1S/C18H19ClN2O4/c1-2-20-16(22)12-6-5-11(19)8-13(12)21-17(23)14-9-3-4-10(7-9)15(14)18(24)25/h3-6,8-10,14-15H,2,7H2,1H3,(H,20,22)(H,21,23)(H,24,25)/t9-,10-,14+,15+/m0/s1. The molecule has 2 aliphatic rings. The SMILES string of the molecule is CCNC(=O)c1ccc(Cl)cc1NC(=O)[C@H]1[C@H](C(=O)O)[C@H]2C=C[C@H]1C2. The molecule has 2 aliphatic carbocycles. The second kappa shape index (κ2) is 6.88. The molecule has 4 atom stereocenters. The van der Waals surface area contributed by atoms with Crippen LogP contribution in [0, 0.1) is 23.7 Å². The van der Waals surface area contributed by atoms with Crippen LogP contribution in [0.1, 0.15) is 23.7 Å². The van der Waals surface area contributed by atoms with Crippen molar-refractivity contribution in [1.82, 2.24) is 5.32 Å². The average molecular weight is 363 g/mol. The topological polar surface area (TPSA) is 95.5 Å². The lowest BCUT2D eigenvalue weighted by molar-refractivity contribution is -0.146. The van der Waals surface area contributed by atoms with Gasteiger partial charge in [-0.25, -0.2) is 0 Å². The number of benzene rings is 1. The average Bonchev–Trinajstić information content (AvgIpc) is 3.16. The molecule has 25 heavy (non-hydrogen) atoms. The van der Waals surface area contributed by atoms with Gasteiger partial charge in [-0.15, -0.1) is 0 Å². The molecule has 0 saturated heterocycles. The van der Waals surface area contributed by atoms with Gasteiger partial charge >= 0.3 is 5.97 Å². The largest absolute Gasteiger partial charge is 0.481 e. The van der Waals surface area contributed by atoms with Gasteiger partial charge in [-0.2, -0.15) is 0 Å². The van der Waals surface area contributed by atoms with E-state index in [4.69, 9.17) is 11.6 Å². The highest BCUT2D eigenvalue weighted by Crippen LogP contribution is 2.48. The monoisotopic (exact) mass is 362 g/mol. The highest BCUT2D eigenvalue weighted by molar-refractivity contribution is 6.31. The molecule has 3 rings (SSSR count). The third kappa shape index (κ3) is 3.26. The van der Waals surface area contributed by atoms with E-state index in [1.54, 1.807) is 19.1 Å². The molecule has 0 aliphatic heterocycles. The van der Waals surface area contributed by atoms with Crippen LogP contribution in [0.4, 0.5) is 5.69 Å². The maximum absolute atomic E-state index is 12.8. The molecule has 0 spiro atoms. The number of hydrogen-bond donors (Lipinski definition) is 3. The van der Waals surface area contributed by atoms with Crippen LogP contribution < -0.4 is 10.6 Å². The van der Waals surface area contributed by atoms with E-state index in [0.717, 1.165) is 0 Å². The Bertz CT molecular complexity index is 761. The molecule has 7 heteroatoms. The van der Waals surface area contributed by atoms with Crippen molar-refractivity contribution in [3.05, 3.63) is 40.9 Å². The van der Waals surface area contributed by atoms with Gasteiger partial charge in [0.15, 0.2) is 0 Å². The fourth-order valence-corrected chi connectivity index (χ4v) is 3.98. The molecule has 3 N–H and O–H groups in total. The van der Waals surface area contributed by atoms with Gasteiger partial charge in [-0.3, -0.25) is 14.4 Å². The molecule has 0 heterocycles. The van der Waals surface area contributed by atoms with Crippen LogP contribution in [-0.2, 0) is 9.59 Å². The van der Waals surface area contributed by atoms with Crippen molar-refractivity contribution in [1.29, 1.82) is 0 Å². The summed E-state index contributed by atoms with van der Waals surface area (Å²) < 4.78 is 0. The molecule has 0 aromatic heterocycles. The maximum atomic E-state index is 12.8. The Morgan fingerprint density at radius 2 is 1.88 bits per heavy atom. The first kappa shape index (κ1) is 17.5. The van der Waals surface area contributed by atoms with Gasteiger partial charge in [0, 0.05) is 11.6 Å². The van der Waals surface area contributed by atoms with Crippen LogP contribution in [0.25, 0.3) is 0 Å². The summed E-state index contributed by atoms with van der Waals surface area (Å²) in [7, 11) is 0. The maximum Gasteiger partial charge on any atom is 0.307 e. The summed E-state index contributed by atoms with van der Waals surface area (Å²) in [5.41, 5.74) is 0.588. The summed E-state index contributed by atoms with van der Waals surface area (Å²) in [5.74, 6) is -3.25. The van der Waals surface area contributed by atoms with Gasteiger partial charge < -0.3 is 15.7 Å². The van der Waals surface area contributed by atoms with Crippen molar-refractivity contribution in [2.24, 2.45) is 23.7 Å². The van der Waals surface area contributed by atoms with Crippen LogP contribution in [0.15, 0.2) is 30.4 Å². The molecule has 1 fully saturated rings. The molecule has 132 valence electrons. The first-order valence-corrected chi connectivity index (χ1v) is 8.60.